The molecule has 0 aromatic heterocycles. The Bertz CT molecular complexity index is 313. The quantitative estimate of drug-likeness (QED) is 0.774. The van der Waals surface area contributed by atoms with E-state index in [1.54, 1.807) is 0 Å². The second-order valence-electron chi connectivity index (χ2n) is 7.24. The molecule has 2 fully saturated rings. The van der Waals surface area contributed by atoms with Crippen LogP contribution in [-0.4, -0.2) is 43.0 Å². The Balaban J connectivity index is 1.76. The van der Waals surface area contributed by atoms with Crippen molar-refractivity contribution in [2.75, 3.05) is 26.3 Å². The lowest BCUT2D eigenvalue weighted by molar-refractivity contribution is -0.131. The lowest BCUT2D eigenvalue weighted by atomic mass is 9.74. The Kier molecular flexibility index (Phi) is 5.62. The van der Waals surface area contributed by atoms with Crippen molar-refractivity contribution < 1.29 is 9.53 Å². The summed E-state index contributed by atoms with van der Waals surface area (Å²) in [6, 6.07) is 0.606. The largest absolute Gasteiger partial charge is 0.381 e. The number of hydrogen-bond donors (Lipinski definition) is 0. The molecule has 1 atom stereocenters. The number of nitrogens with zero attached hydrogens (tertiary/aromatic N) is 1. The molecule has 0 saturated carbocycles. The number of Topliss-reactive ketones (excluding diaryl/α,β-unsaturated/α-hetero) is 1. The molecule has 3 nitrogen and oxygen atoms in total. The molecule has 0 radical (unpaired) electrons. The first kappa shape index (κ1) is 16.0. The SMILES string of the molecule is CC(C)N1CCC(C)(C(=O)CCC2CCCOC2)CC1. The van der Waals surface area contributed by atoms with Gasteiger partial charge in [-0.15, -0.1) is 0 Å². The number of ether oxygens (including phenoxy) is 1. The maximum Gasteiger partial charge on any atom is 0.138 e. The number of carbonyl (C=O) groups is 1. The fourth-order valence-electron chi connectivity index (χ4n) is 3.48. The van der Waals surface area contributed by atoms with E-state index in [1.165, 1.54) is 12.8 Å². The third-order valence-corrected chi connectivity index (χ3v) is 5.34. The highest BCUT2D eigenvalue weighted by molar-refractivity contribution is 5.84. The van der Waals surface area contributed by atoms with E-state index in [0.717, 1.165) is 52.0 Å². The Hall–Kier alpha value is -0.410. The third kappa shape index (κ3) is 4.05. The summed E-state index contributed by atoms with van der Waals surface area (Å²) in [7, 11) is 0. The van der Waals surface area contributed by atoms with Gasteiger partial charge >= 0.3 is 0 Å². The normalized spacial score (nSPS) is 27.7. The van der Waals surface area contributed by atoms with Crippen molar-refractivity contribution in [3.05, 3.63) is 0 Å². The molecular formula is C17H31NO2. The monoisotopic (exact) mass is 281 g/mol. The Labute approximate surface area is 124 Å². The zero-order valence-corrected chi connectivity index (χ0v) is 13.5. The zero-order chi connectivity index (χ0) is 14.6. The Morgan fingerprint density at radius 3 is 2.60 bits per heavy atom. The van der Waals surface area contributed by atoms with Crippen LogP contribution in [0.1, 0.15) is 59.3 Å². The molecule has 0 bridgehead atoms. The third-order valence-electron chi connectivity index (χ3n) is 5.34. The first-order valence-electron chi connectivity index (χ1n) is 8.36. The number of rotatable bonds is 5. The molecule has 0 N–H and O–H groups in total. The molecule has 2 rings (SSSR count). The van der Waals surface area contributed by atoms with Gasteiger partial charge in [0.05, 0.1) is 0 Å². The van der Waals surface area contributed by atoms with Crippen LogP contribution in [0.25, 0.3) is 0 Å². The zero-order valence-electron chi connectivity index (χ0n) is 13.5. The first-order valence-corrected chi connectivity index (χ1v) is 8.36. The van der Waals surface area contributed by atoms with Gasteiger partial charge in [0.25, 0.3) is 0 Å². The fraction of sp³-hybridized carbons (Fsp3) is 0.941. The molecule has 116 valence electrons. The van der Waals surface area contributed by atoms with E-state index in [0.29, 0.717) is 17.7 Å². The number of ketones is 1. The van der Waals surface area contributed by atoms with Crippen LogP contribution in [-0.2, 0) is 9.53 Å². The highest BCUT2D eigenvalue weighted by Gasteiger charge is 2.36. The van der Waals surface area contributed by atoms with Crippen LogP contribution in [0.2, 0.25) is 0 Å². The molecule has 2 aliphatic heterocycles. The number of hydrogen-bond acceptors (Lipinski definition) is 3. The maximum atomic E-state index is 12.6. The molecule has 2 saturated heterocycles. The predicted molar refractivity (Wildman–Crippen MR) is 81.8 cm³/mol. The average Bonchev–Trinajstić information content (AvgIpc) is 2.46. The summed E-state index contributed by atoms with van der Waals surface area (Å²) in [5.74, 6) is 1.11. The number of likely N-dealkylation sites (tertiary alicyclic amines) is 1. The van der Waals surface area contributed by atoms with Gasteiger partial charge in [0.2, 0.25) is 0 Å². The summed E-state index contributed by atoms with van der Waals surface area (Å²) >= 11 is 0. The molecule has 2 heterocycles. The smallest absolute Gasteiger partial charge is 0.138 e. The van der Waals surface area contributed by atoms with E-state index < -0.39 is 0 Å². The van der Waals surface area contributed by atoms with E-state index in [2.05, 4.69) is 25.7 Å². The highest BCUT2D eigenvalue weighted by atomic mass is 16.5. The molecule has 0 aromatic carbocycles. The second-order valence-corrected chi connectivity index (χ2v) is 7.24. The van der Waals surface area contributed by atoms with Gasteiger partial charge in [-0.3, -0.25) is 4.79 Å². The summed E-state index contributed by atoms with van der Waals surface area (Å²) < 4.78 is 5.51. The minimum absolute atomic E-state index is 0.0685. The molecular weight excluding hydrogens is 250 g/mol. The maximum absolute atomic E-state index is 12.6. The molecule has 20 heavy (non-hydrogen) atoms. The Morgan fingerprint density at radius 2 is 2.05 bits per heavy atom. The van der Waals surface area contributed by atoms with Crippen LogP contribution < -0.4 is 0 Å². The van der Waals surface area contributed by atoms with Crippen molar-refractivity contribution in [3.63, 3.8) is 0 Å². The van der Waals surface area contributed by atoms with Crippen molar-refractivity contribution in [2.45, 2.75) is 65.3 Å². The summed E-state index contributed by atoms with van der Waals surface area (Å²) in [6.07, 6.45) is 6.26. The molecule has 2 aliphatic rings. The summed E-state index contributed by atoms with van der Waals surface area (Å²) in [4.78, 5) is 15.1. The van der Waals surface area contributed by atoms with E-state index in [1.807, 2.05) is 0 Å². The molecule has 0 spiro atoms. The van der Waals surface area contributed by atoms with Crippen LogP contribution in [0.5, 0.6) is 0 Å². The van der Waals surface area contributed by atoms with Gasteiger partial charge in [-0.1, -0.05) is 6.92 Å². The van der Waals surface area contributed by atoms with Crippen LogP contribution in [0.15, 0.2) is 0 Å². The first-order chi connectivity index (χ1) is 9.51. The molecule has 0 aliphatic carbocycles. The van der Waals surface area contributed by atoms with Crippen molar-refractivity contribution in [2.24, 2.45) is 11.3 Å². The summed E-state index contributed by atoms with van der Waals surface area (Å²) in [6.45, 7) is 10.6. The van der Waals surface area contributed by atoms with E-state index in [4.69, 9.17) is 4.74 Å². The van der Waals surface area contributed by atoms with Crippen LogP contribution in [0.3, 0.4) is 0 Å². The lowest BCUT2D eigenvalue weighted by Crippen LogP contribution is -2.45. The summed E-state index contributed by atoms with van der Waals surface area (Å²) in [5, 5.41) is 0. The Morgan fingerprint density at radius 1 is 1.35 bits per heavy atom. The van der Waals surface area contributed by atoms with Crippen molar-refractivity contribution in [3.8, 4) is 0 Å². The molecule has 0 aromatic rings. The van der Waals surface area contributed by atoms with Gasteiger partial charge in [0.15, 0.2) is 0 Å². The fourth-order valence-corrected chi connectivity index (χ4v) is 3.48. The second kappa shape index (κ2) is 7.04. The van der Waals surface area contributed by atoms with E-state index >= 15 is 0 Å². The van der Waals surface area contributed by atoms with Crippen LogP contribution in [0.4, 0.5) is 0 Å². The van der Waals surface area contributed by atoms with Crippen molar-refractivity contribution >= 4 is 5.78 Å². The van der Waals surface area contributed by atoms with Gasteiger partial charge in [0, 0.05) is 31.1 Å². The van der Waals surface area contributed by atoms with Gasteiger partial charge in [-0.05, 0) is 65.0 Å². The van der Waals surface area contributed by atoms with Gasteiger partial charge < -0.3 is 9.64 Å². The minimum atomic E-state index is -0.0685. The van der Waals surface area contributed by atoms with E-state index in [-0.39, 0.29) is 5.41 Å². The van der Waals surface area contributed by atoms with Crippen LogP contribution in [0, 0.1) is 11.3 Å². The number of piperidine rings is 1. The van der Waals surface area contributed by atoms with E-state index in [9.17, 15) is 4.79 Å². The topological polar surface area (TPSA) is 29.5 Å². The molecule has 0 amide bonds. The molecule has 1 unspecified atom stereocenters. The van der Waals surface area contributed by atoms with Gasteiger partial charge in [-0.25, -0.2) is 0 Å². The predicted octanol–water partition coefficient (Wildman–Crippen LogP) is 3.27. The summed E-state index contributed by atoms with van der Waals surface area (Å²) in [5.41, 5.74) is -0.0685. The standard InChI is InChI=1S/C17H31NO2/c1-14(2)18-10-8-17(3,9-11-18)16(19)7-6-15-5-4-12-20-13-15/h14-15H,4-13H2,1-3H3. The molecule has 3 heteroatoms. The van der Waals surface area contributed by atoms with Crippen LogP contribution >= 0.6 is 0 Å². The lowest BCUT2D eigenvalue weighted by Gasteiger charge is -2.40. The number of carbonyl (C=O) groups excluding carboxylic acids is 1. The van der Waals surface area contributed by atoms with Crippen molar-refractivity contribution in [1.82, 2.24) is 4.90 Å². The minimum Gasteiger partial charge on any atom is -0.381 e. The van der Waals surface area contributed by atoms with Crippen molar-refractivity contribution in [1.29, 1.82) is 0 Å². The van der Waals surface area contributed by atoms with Gasteiger partial charge in [0.1, 0.15) is 5.78 Å². The average molecular weight is 281 g/mol. The highest BCUT2D eigenvalue weighted by Crippen LogP contribution is 2.34. The van der Waals surface area contributed by atoms with Gasteiger partial charge in [-0.2, -0.15) is 0 Å².